The van der Waals surface area contributed by atoms with E-state index in [4.69, 9.17) is 10.5 Å². The number of nitrogens with two attached hydrogens (primary N) is 1. The molecule has 1 aliphatic rings. The summed E-state index contributed by atoms with van der Waals surface area (Å²) < 4.78 is 59.9. The third-order valence-corrected chi connectivity index (χ3v) is 8.21. The van der Waals surface area contributed by atoms with Gasteiger partial charge >= 0.3 is 0 Å². The van der Waals surface area contributed by atoms with Gasteiger partial charge in [-0.15, -0.1) is 0 Å². The van der Waals surface area contributed by atoms with E-state index in [0.29, 0.717) is 22.0 Å². The largest absolute Gasteiger partial charge is 0.456 e. The number of carbonyl (C=O) groups is 1. The van der Waals surface area contributed by atoms with Crippen LogP contribution < -0.4 is 10.5 Å². The predicted octanol–water partition coefficient (Wildman–Crippen LogP) is 5.13. The number of amides is 1. The fourth-order valence-electron chi connectivity index (χ4n) is 3.61. The van der Waals surface area contributed by atoms with Crippen LogP contribution in [0.25, 0.3) is 0 Å². The normalized spacial score (nSPS) is 13.7. The zero-order valence-electron chi connectivity index (χ0n) is 17.4. The lowest BCUT2D eigenvalue weighted by Crippen LogP contribution is -2.16. The molecule has 0 aliphatic heterocycles. The zero-order chi connectivity index (χ0) is 23.8. The molecule has 1 amide bonds. The van der Waals surface area contributed by atoms with Crippen LogP contribution in [0.2, 0.25) is 0 Å². The van der Waals surface area contributed by atoms with Crippen LogP contribution in [-0.2, 0) is 22.0 Å². The lowest BCUT2D eigenvalue weighted by atomic mass is 9.98. The van der Waals surface area contributed by atoms with Gasteiger partial charge in [0.2, 0.25) is 0 Å². The summed E-state index contributed by atoms with van der Waals surface area (Å²) in [5.41, 5.74) is 6.50. The number of halogens is 3. The Kier molecular flexibility index (Phi) is 6.71. The second kappa shape index (κ2) is 9.38. The van der Waals surface area contributed by atoms with Crippen molar-refractivity contribution in [3.05, 3.63) is 92.1 Å². The third kappa shape index (κ3) is 5.70. The summed E-state index contributed by atoms with van der Waals surface area (Å²) in [7, 11) is -3.23. The number of hydrogen-bond acceptors (Lipinski definition) is 4. The van der Waals surface area contributed by atoms with Crippen LogP contribution in [0, 0.1) is 15.2 Å². The molecule has 4 rings (SSSR count). The highest BCUT2D eigenvalue weighted by Gasteiger charge is 2.35. The monoisotopic (exact) mass is 583 g/mol. The van der Waals surface area contributed by atoms with E-state index in [2.05, 4.69) is 0 Å². The third-order valence-electron chi connectivity index (χ3n) is 5.32. The summed E-state index contributed by atoms with van der Waals surface area (Å²) in [6.45, 7) is 0. The lowest BCUT2D eigenvalue weighted by Gasteiger charge is -2.15. The van der Waals surface area contributed by atoms with Gasteiger partial charge in [-0.1, -0.05) is 18.2 Å². The Morgan fingerprint density at radius 2 is 1.82 bits per heavy atom. The Hall–Kier alpha value is -2.53. The van der Waals surface area contributed by atoms with Gasteiger partial charge in [0.05, 0.1) is 16.6 Å². The molecule has 0 radical (unpaired) electrons. The van der Waals surface area contributed by atoms with E-state index in [-0.39, 0.29) is 45.6 Å². The predicted molar refractivity (Wildman–Crippen MR) is 129 cm³/mol. The van der Waals surface area contributed by atoms with Gasteiger partial charge in [-0.3, -0.25) is 4.79 Å². The highest BCUT2D eigenvalue weighted by molar-refractivity contribution is 14.1. The minimum absolute atomic E-state index is 0.0607. The fourth-order valence-corrected chi connectivity index (χ4v) is 5.80. The van der Waals surface area contributed by atoms with Crippen molar-refractivity contribution in [3.63, 3.8) is 0 Å². The number of carbonyl (C=O) groups excluding carboxylic acids is 1. The molecule has 3 aromatic rings. The summed E-state index contributed by atoms with van der Waals surface area (Å²) in [4.78, 5) is 12.3. The molecule has 0 spiro atoms. The first-order valence-corrected chi connectivity index (χ1v) is 13.0. The lowest BCUT2D eigenvalue weighted by molar-refractivity contribution is 0.0997. The number of benzene rings is 3. The first-order chi connectivity index (χ1) is 15.6. The minimum atomic E-state index is -3.23. The maximum Gasteiger partial charge on any atom is 0.252 e. The van der Waals surface area contributed by atoms with Crippen molar-refractivity contribution in [2.45, 2.75) is 30.3 Å². The van der Waals surface area contributed by atoms with Crippen molar-refractivity contribution in [2.75, 3.05) is 0 Å². The van der Waals surface area contributed by atoms with E-state index in [1.165, 1.54) is 12.1 Å². The quantitative estimate of drug-likeness (QED) is 0.373. The Morgan fingerprint density at radius 1 is 1.06 bits per heavy atom. The Bertz CT molecular complexity index is 1340. The highest BCUT2D eigenvalue weighted by Crippen LogP contribution is 2.33. The van der Waals surface area contributed by atoms with Crippen LogP contribution in [0.1, 0.15) is 39.9 Å². The van der Waals surface area contributed by atoms with Crippen molar-refractivity contribution in [1.82, 2.24) is 0 Å². The molecule has 2 N–H and O–H groups in total. The topological polar surface area (TPSA) is 86.5 Å². The first-order valence-electron chi connectivity index (χ1n) is 10.2. The van der Waals surface area contributed by atoms with Gasteiger partial charge < -0.3 is 10.5 Å². The Labute approximate surface area is 204 Å². The molecule has 0 unspecified atom stereocenters. The zero-order valence-corrected chi connectivity index (χ0v) is 20.3. The van der Waals surface area contributed by atoms with E-state index >= 15 is 0 Å². The fraction of sp³-hybridized carbons (Fsp3) is 0.208. The van der Waals surface area contributed by atoms with Crippen molar-refractivity contribution in [3.8, 4) is 11.5 Å². The van der Waals surface area contributed by atoms with Crippen LogP contribution in [0.4, 0.5) is 8.78 Å². The van der Waals surface area contributed by atoms with E-state index in [0.717, 1.165) is 12.1 Å². The molecule has 1 saturated carbocycles. The van der Waals surface area contributed by atoms with Gasteiger partial charge in [-0.05, 0) is 82.5 Å². The standard InChI is InChI=1S/C24H20F2INO4S/c25-17-10-16(9-15-4-5-18(27)12-21(15)26)23(24(28)29)22(11-17)32-19-3-1-2-14(8-19)13-33(30,31)20-6-7-20/h1-5,8,10-12,20H,6-7,9,13H2,(H2,28,29). The van der Waals surface area contributed by atoms with E-state index in [1.807, 2.05) is 22.6 Å². The molecule has 1 aliphatic carbocycles. The molecule has 0 saturated heterocycles. The van der Waals surface area contributed by atoms with Crippen molar-refractivity contribution in [1.29, 1.82) is 0 Å². The molecule has 3 aromatic carbocycles. The van der Waals surface area contributed by atoms with Crippen molar-refractivity contribution in [2.24, 2.45) is 5.73 Å². The SMILES string of the molecule is NC(=O)c1c(Cc2ccc(I)cc2F)cc(F)cc1Oc1cccc(CS(=O)(=O)C2CC2)c1. The number of sulfone groups is 1. The van der Waals surface area contributed by atoms with Gasteiger partial charge in [-0.2, -0.15) is 0 Å². The molecule has 5 nitrogen and oxygen atoms in total. The molecule has 0 aromatic heterocycles. The number of ether oxygens (including phenoxy) is 1. The number of rotatable bonds is 8. The number of primary amides is 1. The van der Waals surface area contributed by atoms with Crippen molar-refractivity contribution >= 4 is 38.3 Å². The van der Waals surface area contributed by atoms with Crippen LogP contribution in [0.5, 0.6) is 11.5 Å². The molecular formula is C24H20F2INO4S. The summed E-state index contributed by atoms with van der Waals surface area (Å²) in [5, 5.41) is -0.295. The first kappa shape index (κ1) is 23.6. The van der Waals surface area contributed by atoms with E-state index < -0.39 is 27.4 Å². The molecule has 0 bridgehead atoms. The van der Waals surface area contributed by atoms with Gasteiger partial charge in [-0.25, -0.2) is 17.2 Å². The summed E-state index contributed by atoms with van der Waals surface area (Å²) in [5.74, 6) is -2.02. The second-order valence-electron chi connectivity index (χ2n) is 7.97. The summed E-state index contributed by atoms with van der Waals surface area (Å²) >= 11 is 1.98. The van der Waals surface area contributed by atoms with Crippen molar-refractivity contribution < 1.29 is 26.7 Å². The molecule has 1 fully saturated rings. The number of hydrogen-bond donors (Lipinski definition) is 1. The van der Waals surface area contributed by atoms with Crippen LogP contribution in [0.15, 0.2) is 54.6 Å². The van der Waals surface area contributed by atoms with Crippen LogP contribution in [-0.4, -0.2) is 19.6 Å². The van der Waals surface area contributed by atoms with Gasteiger partial charge in [0.1, 0.15) is 23.1 Å². The molecule has 172 valence electrons. The average molecular weight is 583 g/mol. The Morgan fingerprint density at radius 3 is 2.48 bits per heavy atom. The second-order valence-corrected chi connectivity index (χ2v) is 11.5. The maximum atomic E-state index is 14.4. The molecule has 0 heterocycles. The smallest absolute Gasteiger partial charge is 0.252 e. The van der Waals surface area contributed by atoms with Crippen LogP contribution >= 0.6 is 22.6 Å². The van der Waals surface area contributed by atoms with Crippen LogP contribution in [0.3, 0.4) is 0 Å². The van der Waals surface area contributed by atoms with E-state index in [1.54, 1.807) is 30.3 Å². The minimum Gasteiger partial charge on any atom is -0.456 e. The van der Waals surface area contributed by atoms with E-state index in [9.17, 15) is 22.0 Å². The molecule has 33 heavy (non-hydrogen) atoms. The molecule has 0 atom stereocenters. The average Bonchev–Trinajstić information content (AvgIpc) is 3.55. The van der Waals surface area contributed by atoms with Gasteiger partial charge in [0, 0.05) is 16.1 Å². The molecular weight excluding hydrogens is 563 g/mol. The Balaban J connectivity index is 1.66. The maximum absolute atomic E-state index is 14.4. The van der Waals surface area contributed by atoms with Gasteiger partial charge in [0.15, 0.2) is 9.84 Å². The molecule has 9 heteroatoms. The summed E-state index contributed by atoms with van der Waals surface area (Å²) in [6, 6.07) is 13.2. The van der Waals surface area contributed by atoms with Gasteiger partial charge in [0.25, 0.3) is 5.91 Å². The summed E-state index contributed by atoms with van der Waals surface area (Å²) in [6.07, 6.45) is 1.29. The highest BCUT2D eigenvalue weighted by atomic mass is 127.